The fraction of sp³-hybridized carbons (Fsp3) is 0.625. The van der Waals surface area contributed by atoms with Crippen LogP contribution in [0, 0.1) is 17.8 Å². The first kappa shape index (κ1) is 15.3. The van der Waals surface area contributed by atoms with Gasteiger partial charge in [0.2, 0.25) is 0 Å². The van der Waals surface area contributed by atoms with Crippen LogP contribution in [0.5, 0.6) is 0 Å². The third-order valence-electron chi connectivity index (χ3n) is 4.24. The second kappa shape index (κ2) is 6.60. The van der Waals surface area contributed by atoms with Crippen LogP contribution in [0.3, 0.4) is 0 Å². The number of hydrogen-bond acceptors (Lipinski definition) is 1. The highest BCUT2D eigenvalue weighted by atomic mass is 79.9. The Kier molecular flexibility index (Phi) is 5.33. The molecule has 1 aromatic carbocycles. The minimum absolute atomic E-state index is 0.403. The molecule has 2 rings (SSSR count). The maximum Gasteiger partial charge on any atom is 0.0420 e. The molecule has 0 radical (unpaired) electrons. The van der Waals surface area contributed by atoms with E-state index in [1.807, 2.05) is 6.07 Å². The van der Waals surface area contributed by atoms with Crippen LogP contribution in [0.15, 0.2) is 22.7 Å². The van der Waals surface area contributed by atoms with Gasteiger partial charge in [0.25, 0.3) is 0 Å². The zero-order chi connectivity index (χ0) is 14.0. The van der Waals surface area contributed by atoms with Gasteiger partial charge in [-0.05, 0) is 67.8 Å². The van der Waals surface area contributed by atoms with Crippen LogP contribution in [0.25, 0.3) is 0 Å². The normalized spacial score (nSPS) is 29.2. The second-order valence-electron chi connectivity index (χ2n) is 6.15. The van der Waals surface area contributed by atoms with Crippen molar-refractivity contribution in [1.29, 1.82) is 0 Å². The smallest absolute Gasteiger partial charge is 0.0420 e. The van der Waals surface area contributed by atoms with Crippen LogP contribution in [-0.4, -0.2) is 7.05 Å². The second-order valence-corrected chi connectivity index (χ2v) is 7.50. The maximum atomic E-state index is 6.19. The van der Waals surface area contributed by atoms with Crippen LogP contribution in [0.4, 0.5) is 0 Å². The number of rotatable bonds is 3. The first-order chi connectivity index (χ1) is 8.99. The van der Waals surface area contributed by atoms with E-state index >= 15 is 0 Å². The fourth-order valence-corrected chi connectivity index (χ4v) is 4.60. The van der Waals surface area contributed by atoms with Crippen molar-refractivity contribution in [2.45, 2.75) is 39.2 Å². The zero-order valence-electron chi connectivity index (χ0n) is 11.9. The first-order valence-electron chi connectivity index (χ1n) is 7.12. The Hall–Kier alpha value is -0.0500. The van der Waals surface area contributed by atoms with Crippen LogP contribution in [0.2, 0.25) is 5.02 Å². The van der Waals surface area contributed by atoms with Crippen molar-refractivity contribution < 1.29 is 0 Å². The van der Waals surface area contributed by atoms with Crippen molar-refractivity contribution in [2.75, 3.05) is 7.05 Å². The molecule has 3 unspecified atom stereocenters. The summed E-state index contributed by atoms with van der Waals surface area (Å²) < 4.78 is 1.06. The SMILES string of the molecule is CNC(c1cc(Cl)cc(Br)c1)C1CC(C)CC(C)C1. The van der Waals surface area contributed by atoms with Gasteiger partial charge < -0.3 is 5.32 Å². The molecule has 0 aliphatic heterocycles. The highest BCUT2D eigenvalue weighted by Crippen LogP contribution is 2.40. The van der Waals surface area contributed by atoms with E-state index in [9.17, 15) is 0 Å². The van der Waals surface area contributed by atoms with Gasteiger partial charge in [-0.2, -0.15) is 0 Å². The summed E-state index contributed by atoms with van der Waals surface area (Å²) >= 11 is 9.74. The van der Waals surface area contributed by atoms with Crippen LogP contribution in [-0.2, 0) is 0 Å². The van der Waals surface area contributed by atoms with Crippen molar-refractivity contribution in [3.8, 4) is 0 Å². The summed E-state index contributed by atoms with van der Waals surface area (Å²) in [5.41, 5.74) is 1.30. The van der Waals surface area contributed by atoms with Gasteiger partial charge in [-0.3, -0.25) is 0 Å². The number of nitrogens with one attached hydrogen (secondary N) is 1. The molecule has 0 amide bonds. The van der Waals surface area contributed by atoms with Crippen molar-refractivity contribution in [2.24, 2.45) is 17.8 Å². The van der Waals surface area contributed by atoms with Crippen molar-refractivity contribution >= 4 is 27.5 Å². The molecule has 1 nitrogen and oxygen atoms in total. The zero-order valence-corrected chi connectivity index (χ0v) is 14.3. The third kappa shape index (κ3) is 3.96. The van der Waals surface area contributed by atoms with Gasteiger partial charge in [-0.15, -0.1) is 0 Å². The van der Waals surface area contributed by atoms with E-state index in [1.165, 1.54) is 24.8 Å². The Bertz CT molecular complexity index is 405. The average Bonchev–Trinajstić information content (AvgIpc) is 2.27. The molecule has 1 aliphatic carbocycles. The lowest BCUT2D eigenvalue weighted by molar-refractivity contribution is 0.180. The van der Waals surface area contributed by atoms with Gasteiger partial charge in [0.05, 0.1) is 0 Å². The molecule has 1 saturated carbocycles. The largest absolute Gasteiger partial charge is 0.313 e. The summed E-state index contributed by atoms with van der Waals surface area (Å²) in [6.45, 7) is 4.76. The third-order valence-corrected chi connectivity index (χ3v) is 4.92. The first-order valence-corrected chi connectivity index (χ1v) is 8.30. The molecular formula is C16H23BrClN. The molecule has 0 bridgehead atoms. The highest BCUT2D eigenvalue weighted by Gasteiger charge is 2.30. The topological polar surface area (TPSA) is 12.0 Å². The van der Waals surface area contributed by atoms with Crippen LogP contribution >= 0.6 is 27.5 Å². The number of benzene rings is 1. The van der Waals surface area contributed by atoms with Gasteiger partial charge in [0.1, 0.15) is 0 Å². The predicted octanol–water partition coefficient (Wildman–Crippen LogP) is 5.44. The molecule has 0 heterocycles. The molecule has 1 aliphatic rings. The Labute approximate surface area is 130 Å². The van der Waals surface area contributed by atoms with E-state index in [1.54, 1.807) is 0 Å². The van der Waals surface area contributed by atoms with Gasteiger partial charge >= 0.3 is 0 Å². The van der Waals surface area contributed by atoms with E-state index in [-0.39, 0.29) is 0 Å². The van der Waals surface area contributed by atoms with Gasteiger partial charge in [0, 0.05) is 15.5 Å². The lowest BCUT2D eigenvalue weighted by Gasteiger charge is -2.36. The van der Waals surface area contributed by atoms with Gasteiger partial charge in [-0.1, -0.05) is 41.4 Å². The predicted molar refractivity (Wildman–Crippen MR) is 86.6 cm³/mol. The summed E-state index contributed by atoms with van der Waals surface area (Å²) in [6.07, 6.45) is 3.98. The summed E-state index contributed by atoms with van der Waals surface area (Å²) in [6, 6.07) is 6.64. The highest BCUT2D eigenvalue weighted by molar-refractivity contribution is 9.10. The lowest BCUT2D eigenvalue weighted by Crippen LogP contribution is -2.31. The molecule has 0 aromatic heterocycles. The molecule has 3 heteroatoms. The quantitative estimate of drug-likeness (QED) is 0.770. The maximum absolute atomic E-state index is 6.19. The number of hydrogen-bond donors (Lipinski definition) is 1. The summed E-state index contributed by atoms with van der Waals surface area (Å²) in [4.78, 5) is 0. The van der Waals surface area contributed by atoms with Gasteiger partial charge in [-0.25, -0.2) is 0 Å². The molecule has 106 valence electrons. The molecule has 19 heavy (non-hydrogen) atoms. The van der Waals surface area contributed by atoms with E-state index in [0.717, 1.165) is 21.3 Å². The van der Waals surface area contributed by atoms with Crippen molar-refractivity contribution in [3.05, 3.63) is 33.3 Å². The van der Waals surface area contributed by atoms with E-state index in [4.69, 9.17) is 11.6 Å². The molecular weight excluding hydrogens is 322 g/mol. The monoisotopic (exact) mass is 343 g/mol. The van der Waals surface area contributed by atoms with E-state index in [0.29, 0.717) is 12.0 Å². The average molecular weight is 345 g/mol. The molecule has 0 saturated heterocycles. The fourth-order valence-electron chi connectivity index (χ4n) is 3.71. The summed E-state index contributed by atoms with van der Waals surface area (Å²) in [5.74, 6) is 2.36. The Morgan fingerprint density at radius 2 is 1.79 bits per heavy atom. The van der Waals surface area contributed by atoms with Gasteiger partial charge in [0.15, 0.2) is 0 Å². The standard InChI is InChI=1S/C16H23BrClN/c1-10-4-11(2)6-12(5-10)16(19-3)13-7-14(17)9-15(18)8-13/h7-12,16,19H,4-6H2,1-3H3. The Morgan fingerprint density at radius 1 is 1.16 bits per heavy atom. The van der Waals surface area contributed by atoms with E-state index in [2.05, 4.69) is 54.3 Å². The Balaban J connectivity index is 2.23. The summed E-state index contributed by atoms with van der Waals surface area (Å²) in [5, 5.41) is 4.31. The molecule has 1 N–H and O–H groups in total. The van der Waals surface area contributed by atoms with E-state index < -0.39 is 0 Å². The molecule has 1 aromatic rings. The molecule has 0 spiro atoms. The summed E-state index contributed by atoms with van der Waals surface area (Å²) in [7, 11) is 2.06. The lowest BCUT2D eigenvalue weighted by atomic mass is 9.72. The molecule has 1 fully saturated rings. The van der Waals surface area contributed by atoms with Crippen LogP contribution < -0.4 is 5.32 Å². The van der Waals surface area contributed by atoms with Crippen molar-refractivity contribution in [3.63, 3.8) is 0 Å². The van der Waals surface area contributed by atoms with Crippen molar-refractivity contribution in [1.82, 2.24) is 5.32 Å². The molecule has 3 atom stereocenters. The minimum Gasteiger partial charge on any atom is -0.313 e. The minimum atomic E-state index is 0.403. The number of halogens is 2. The van der Waals surface area contributed by atoms with Crippen LogP contribution in [0.1, 0.15) is 44.7 Å². The Morgan fingerprint density at radius 3 is 2.32 bits per heavy atom.